The molecule has 1 amide bonds. The van der Waals surface area contributed by atoms with Crippen LogP contribution in [0.25, 0.3) is 11.4 Å². The summed E-state index contributed by atoms with van der Waals surface area (Å²) < 4.78 is 14.3. The maximum Gasteiger partial charge on any atom is 0.260 e. The van der Waals surface area contributed by atoms with Gasteiger partial charge >= 0.3 is 0 Å². The molecular weight excluding hydrogens is 441 g/mol. The Bertz CT molecular complexity index is 1300. The van der Waals surface area contributed by atoms with E-state index < -0.39 is 17.3 Å². The molecule has 1 fully saturated rings. The number of likely N-dealkylation sites (N-methyl/N-ethyl adjacent to an activating group) is 1. The van der Waals surface area contributed by atoms with Gasteiger partial charge in [0.1, 0.15) is 5.71 Å². The molecule has 174 valence electrons. The third-order valence-electron chi connectivity index (χ3n) is 5.35. The molecule has 1 aliphatic rings. The Morgan fingerprint density at radius 3 is 2.74 bits per heavy atom. The lowest BCUT2D eigenvalue weighted by molar-refractivity contribution is -0.136. The number of aliphatic hydroxyl groups is 1. The van der Waals surface area contributed by atoms with Crippen molar-refractivity contribution in [2.45, 2.75) is 18.9 Å². The standard InChI is InChI=1S/C22H22FN9O2/c1-13-19(23)16(7-9-25-13)30-21-26-10-6-15(29-21)14-4-3-5-18(28-14)27-12-17(31-24)22(34)8-11-32(2)20(22)33/h3-7,9-10,12,34H,8,11,24H2,1-2H3,(H,25,26,29,30)/b27-12+,31-17+/t22-/m1/s1. The van der Waals surface area contributed by atoms with E-state index in [1.165, 1.54) is 29.6 Å². The Morgan fingerprint density at radius 2 is 2.00 bits per heavy atom. The number of likely N-dealkylation sites (tertiary alicyclic amines) is 1. The lowest BCUT2D eigenvalue weighted by atomic mass is 9.96. The van der Waals surface area contributed by atoms with Crippen molar-refractivity contribution in [3.05, 3.63) is 54.2 Å². The van der Waals surface area contributed by atoms with E-state index in [9.17, 15) is 14.3 Å². The molecule has 3 aromatic rings. The van der Waals surface area contributed by atoms with Gasteiger partial charge in [0.15, 0.2) is 17.2 Å². The lowest BCUT2D eigenvalue weighted by Crippen LogP contribution is -2.47. The number of nitrogens with two attached hydrogens (primary N) is 1. The first-order valence-electron chi connectivity index (χ1n) is 10.3. The zero-order valence-corrected chi connectivity index (χ0v) is 18.5. The van der Waals surface area contributed by atoms with Crippen LogP contribution >= 0.6 is 0 Å². The van der Waals surface area contributed by atoms with Gasteiger partial charge in [0.05, 0.1) is 29.0 Å². The molecule has 3 aromatic heterocycles. The minimum atomic E-state index is -1.82. The van der Waals surface area contributed by atoms with Crippen molar-refractivity contribution >= 4 is 35.3 Å². The summed E-state index contributed by atoms with van der Waals surface area (Å²) in [5, 5.41) is 17.1. The fourth-order valence-electron chi connectivity index (χ4n) is 3.43. The molecule has 34 heavy (non-hydrogen) atoms. The average Bonchev–Trinajstić information content (AvgIpc) is 3.11. The quantitative estimate of drug-likeness (QED) is 0.284. The fourth-order valence-corrected chi connectivity index (χ4v) is 3.43. The Morgan fingerprint density at radius 1 is 1.24 bits per heavy atom. The van der Waals surface area contributed by atoms with Gasteiger partial charge in [-0.25, -0.2) is 24.3 Å². The molecule has 0 radical (unpaired) electrons. The van der Waals surface area contributed by atoms with E-state index in [0.717, 1.165) is 0 Å². The average molecular weight is 463 g/mol. The summed E-state index contributed by atoms with van der Waals surface area (Å²) in [6.45, 7) is 1.94. The summed E-state index contributed by atoms with van der Waals surface area (Å²) in [5.74, 6) is 4.90. The van der Waals surface area contributed by atoms with Gasteiger partial charge in [0, 0.05) is 32.4 Å². The largest absolute Gasteiger partial charge is 0.374 e. The van der Waals surface area contributed by atoms with Crippen molar-refractivity contribution in [2.24, 2.45) is 15.9 Å². The molecule has 4 rings (SSSR count). The number of hydrazone groups is 1. The molecule has 0 aliphatic carbocycles. The summed E-state index contributed by atoms with van der Waals surface area (Å²) in [5.41, 5.74) is -0.470. The van der Waals surface area contributed by atoms with Gasteiger partial charge in [0.2, 0.25) is 5.95 Å². The number of nitrogens with one attached hydrogen (secondary N) is 1. The molecule has 1 atom stereocenters. The number of aliphatic imine (C=N–C) groups is 1. The molecule has 0 unspecified atom stereocenters. The van der Waals surface area contributed by atoms with Crippen LogP contribution in [0.3, 0.4) is 0 Å². The van der Waals surface area contributed by atoms with Crippen molar-refractivity contribution in [2.75, 3.05) is 18.9 Å². The zero-order chi connectivity index (χ0) is 24.3. The van der Waals surface area contributed by atoms with Gasteiger partial charge in [-0.2, -0.15) is 5.10 Å². The van der Waals surface area contributed by atoms with Crippen LogP contribution < -0.4 is 11.2 Å². The van der Waals surface area contributed by atoms with Crippen molar-refractivity contribution < 1.29 is 14.3 Å². The molecule has 12 heteroatoms. The van der Waals surface area contributed by atoms with E-state index in [2.05, 4.69) is 35.3 Å². The highest BCUT2D eigenvalue weighted by molar-refractivity contribution is 6.40. The van der Waals surface area contributed by atoms with E-state index in [1.807, 2.05) is 0 Å². The molecular formula is C22H22FN9O2. The molecule has 0 aromatic carbocycles. The summed E-state index contributed by atoms with van der Waals surface area (Å²) in [4.78, 5) is 34.8. The Hall–Kier alpha value is -4.32. The van der Waals surface area contributed by atoms with Crippen molar-refractivity contribution in [1.29, 1.82) is 0 Å². The number of hydrogen-bond acceptors (Lipinski definition) is 10. The first-order chi connectivity index (χ1) is 16.3. The number of aromatic nitrogens is 4. The first kappa shape index (κ1) is 22.9. The second-order valence-corrected chi connectivity index (χ2v) is 7.64. The first-order valence-corrected chi connectivity index (χ1v) is 10.3. The maximum atomic E-state index is 14.3. The van der Waals surface area contributed by atoms with Gasteiger partial charge in [-0.3, -0.25) is 9.78 Å². The number of pyridine rings is 2. The van der Waals surface area contributed by atoms with Crippen LogP contribution in [-0.4, -0.2) is 67.0 Å². The second-order valence-electron chi connectivity index (χ2n) is 7.64. The number of nitrogens with zero attached hydrogens (tertiary/aromatic N) is 7. The summed E-state index contributed by atoms with van der Waals surface area (Å²) in [6, 6.07) is 8.22. The monoisotopic (exact) mass is 463 g/mol. The van der Waals surface area contributed by atoms with Gasteiger partial charge in [-0.15, -0.1) is 0 Å². The predicted octanol–water partition coefficient (Wildman–Crippen LogP) is 1.73. The lowest BCUT2D eigenvalue weighted by Gasteiger charge is -2.19. The van der Waals surface area contributed by atoms with Crippen molar-refractivity contribution in [3.8, 4) is 11.4 Å². The molecule has 4 N–H and O–H groups in total. The van der Waals surface area contributed by atoms with Crippen LogP contribution in [0.5, 0.6) is 0 Å². The molecule has 4 heterocycles. The topological polar surface area (TPSA) is 155 Å². The van der Waals surface area contributed by atoms with Crippen LogP contribution in [0.15, 0.2) is 52.8 Å². The summed E-state index contributed by atoms with van der Waals surface area (Å²) in [7, 11) is 1.59. The molecule has 1 aliphatic heterocycles. The minimum absolute atomic E-state index is 0.0581. The third-order valence-corrected chi connectivity index (χ3v) is 5.35. The predicted molar refractivity (Wildman–Crippen MR) is 124 cm³/mol. The van der Waals surface area contributed by atoms with E-state index in [1.54, 1.807) is 38.2 Å². The van der Waals surface area contributed by atoms with Crippen LogP contribution in [-0.2, 0) is 4.79 Å². The van der Waals surface area contributed by atoms with Gasteiger partial charge < -0.3 is 21.2 Å². The van der Waals surface area contributed by atoms with Gasteiger partial charge in [-0.1, -0.05) is 6.07 Å². The number of carbonyl (C=O) groups is 1. The van der Waals surface area contributed by atoms with E-state index >= 15 is 0 Å². The summed E-state index contributed by atoms with van der Waals surface area (Å²) in [6.07, 6.45) is 4.39. The Balaban J connectivity index is 1.56. The van der Waals surface area contributed by atoms with Crippen molar-refractivity contribution in [3.63, 3.8) is 0 Å². The number of carbonyl (C=O) groups excluding carboxylic acids is 1. The van der Waals surface area contributed by atoms with E-state index in [4.69, 9.17) is 5.84 Å². The number of amides is 1. The Kier molecular flexibility index (Phi) is 6.23. The van der Waals surface area contributed by atoms with Crippen LogP contribution in [0.2, 0.25) is 0 Å². The zero-order valence-electron chi connectivity index (χ0n) is 18.5. The third kappa shape index (κ3) is 4.43. The number of halogens is 1. The molecule has 0 saturated carbocycles. The minimum Gasteiger partial charge on any atom is -0.374 e. The van der Waals surface area contributed by atoms with Crippen LogP contribution in [0, 0.1) is 12.7 Å². The van der Waals surface area contributed by atoms with Crippen molar-refractivity contribution in [1.82, 2.24) is 24.8 Å². The fraction of sp³-hybridized carbons (Fsp3) is 0.227. The second kappa shape index (κ2) is 9.27. The smallest absolute Gasteiger partial charge is 0.260 e. The molecule has 0 spiro atoms. The Labute approximate surface area is 194 Å². The number of hydrogen-bond donors (Lipinski definition) is 3. The highest BCUT2D eigenvalue weighted by Crippen LogP contribution is 2.24. The van der Waals surface area contributed by atoms with Gasteiger partial charge in [0.25, 0.3) is 5.91 Å². The highest BCUT2D eigenvalue weighted by atomic mass is 19.1. The van der Waals surface area contributed by atoms with E-state index in [-0.39, 0.29) is 35.3 Å². The summed E-state index contributed by atoms with van der Waals surface area (Å²) >= 11 is 0. The normalized spacial score (nSPS) is 18.6. The van der Waals surface area contributed by atoms with Gasteiger partial charge in [-0.05, 0) is 31.2 Å². The molecule has 11 nitrogen and oxygen atoms in total. The van der Waals surface area contributed by atoms with E-state index in [0.29, 0.717) is 17.9 Å². The molecule has 1 saturated heterocycles. The maximum absolute atomic E-state index is 14.3. The number of aryl methyl sites for hydroxylation is 1. The number of rotatable bonds is 6. The SMILES string of the molecule is Cc1nccc(Nc2nccc(-c3cccc(/N=C/C(=N\N)[C@]4(O)CCN(C)C4=O)n3)n2)c1F. The van der Waals surface area contributed by atoms with Crippen LogP contribution in [0.4, 0.5) is 21.8 Å². The highest BCUT2D eigenvalue weighted by Gasteiger charge is 2.47. The number of anilines is 2. The molecule has 0 bridgehead atoms. The van der Waals surface area contributed by atoms with Crippen LogP contribution in [0.1, 0.15) is 12.1 Å².